The molecule has 7 nitrogen and oxygen atoms in total. The van der Waals surface area contributed by atoms with Crippen molar-refractivity contribution in [3.63, 3.8) is 0 Å². The standard InChI is InChI=1S/C7H10N6O/c8-7-3-5(6-4-9-12-10-6)11-13(7)1-2-14/h3-4,14H,1-2,8H2,(H,9,10,12). The third kappa shape index (κ3) is 1.44. The highest BCUT2D eigenvalue weighted by atomic mass is 16.3. The lowest BCUT2D eigenvalue weighted by atomic mass is 10.3. The lowest BCUT2D eigenvalue weighted by molar-refractivity contribution is 0.270. The molecule has 0 amide bonds. The molecule has 0 atom stereocenters. The number of hydrogen-bond donors (Lipinski definition) is 3. The van der Waals surface area contributed by atoms with Crippen molar-refractivity contribution in [2.45, 2.75) is 6.54 Å². The van der Waals surface area contributed by atoms with Crippen LogP contribution in [0.2, 0.25) is 0 Å². The molecule has 0 fully saturated rings. The highest BCUT2D eigenvalue weighted by molar-refractivity contribution is 5.56. The summed E-state index contributed by atoms with van der Waals surface area (Å²) in [6.07, 6.45) is 1.56. The Morgan fingerprint density at radius 3 is 3.00 bits per heavy atom. The van der Waals surface area contributed by atoms with Crippen LogP contribution >= 0.6 is 0 Å². The molecule has 14 heavy (non-hydrogen) atoms. The first kappa shape index (κ1) is 8.70. The molecule has 0 saturated carbocycles. The molecule has 0 saturated heterocycles. The Morgan fingerprint density at radius 1 is 1.50 bits per heavy atom. The van der Waals surface area contributed by atoms with E-state index in [0.717, 1.165) is 0 Å². The van der Waals surface area contributed by atoms with Crippen molar-refractivity contribution >= 4 is 5.82 Å². The molecule has 2 rings (SSSR count). The van der Waals surface area contributed by atoms with E-state index in [1.165, 1.54) is 4.68 Å². The zero-order valence-corrected chi connectivity index (χ0v) is 7.38. The Bertz CT molecular complexity index is 406. The Hall–Kier alpha value is -1.89. The summed E-state index contributed by atoms with van der Waals surface area (Å²) in [7, 11) is 0. The molecule has 4 N–H and O–H groups in total. The maximum atomic E-state index is 8.73. The van der Waals surface area contributed by atoms with Crippen molar-refractivity contribution in [1.29, 1.82) is 0 Å². The van der Waals surface area contributed by atoms with E-state index < -0.39 is 0 Å². The van der Waals surface area contributed by atoms with Gasteiger partial charge < -0.3 is 10.8 Å². The fraction of sp³-hybridized carbons (Fsp3) is 0.286. The Labute approximate surface area is 79.5 Å². The van der Waals surface area contributed by atoms with Crippen molar-refractivity contribution in [1.82, 2.24) is 25.2 Å². The van der Waals surface area contributed by atoms with E-state index in [-0.39, 0.29) is 6.61 Å². The van der Waals surface area contributed by atoms with Crippen LogP contribution in [0, 0.1) is 0 Å². The van der Waals surface area contributed by atoms with Gasteiger partial charge in [-0.25, -0.2) is 4.68 Å². The number of nitrogens with two attached hydrogens (primary N) is 1. The predicted molar refractivity (Wildman–Crippen MR) is 49.1 cm³/mol. The van der Waals surface area contributed by atoms with E-state index in [0.29, 0.717) is 23.8 Å². The van der Waals surface area contributed by atoms with Gasteiger partial charge in [0.05, 0.1) is 19.3 Å². The number of nitrogens with zero attached hydrogens (tertiary/aromatic N) is 4. The highest BCUT2D eigenvalue weighted by Crippen LogP contribution is 2.16. The van der Waals surface area contributed by atoms with Crippen molar-refractivity contribution in [2.24, 2.45) is 0 Å². The van der Waals surface area contributed by atoms with Crippen LogP contribution in [-0.2, 0) is 6.54 Å². The van der Waals surface area contributed by atoms with Gasteiger partial charge in [0.1, 0.15) is 17.2 Å². The predicted octanol–water partition coefficient (Wildman–Crippen LogP) is -0.757. The smallest absolute Gasteiger partial charge is 0.133 e. The number of aromatic amines is 1. The molecule has 0 aliphatic rings. The van der Waals surface area contributed by atoms with E-state index in [9.17, 15) is 0 Å². The lowest BCUT2D eigenvalue weighted by Crippen LogP contribution is -2.07. The third-order valence-corrected chi connectivity index (χ3v) is 1.80. The van der Waals surface area contributed by atoms with Gasteiger partial charge in [0.25, 0.3) is 0 Å². The number of nitrogen functional groups attached to an aromatic ring is 1. The summed E-state index contributed by atoms with van der Waals surface area (Å²) in [4.78, 5) is 0. The second-order valence-electron chi connectivity index (χ2n) is 2.76. The van der Waals surface area contributed by atoms with Gasteiger partial charge in [-0.2, -0.15) is 20.5 Å². The second-order valence-corrected chi connectivity index (χ2v) is 2.76. The number of aliphatic hydroxyl groups excluding tert-OH is 1. The number of anilines is 1. The Balaban J connectivity index is 2.33. The summed E-state index contributed by atoms with van der Waals surface area (Å²) in [6.45, 7) is 0.383. The molecule has 0 bridgehead atoms. The number of H-pyrrole nitrogens is 1. The van der Waals surface area contributed by atoms with Gasteiger partial charge in [-0.3, -0.25) is 0 Å². The minimum atomic E-state index is 0.00410. The topological polar surface area (TPSA) is 106 Å². The normalized spacial score (nSPS) is 10.6. The SMILES string of the molecule is Nc1cc(-c2cn[nH]n2)nn1CCO. The average molecular weight is 194 g/mol. The van der Waals surface area contributed by atoms with Crippen LogP contribution in [0.15, 0.2) is 12.3 Å². The van der Waals surface area contributed by atoms with Crippen LogP contribution in [0.1, 0.15) is 0 Å². The fourth-order valence-corrected chi connectivity index (χ4v) is 1.16. The monoisotopic (exact) mass is 194 g/mol. The molecular weight excluding hydrogens is 184 g/mol. The van der Waals surface area contributed by atoms with E-state index >= 15 is 0 Å². The third-order valence-electron chi connectivity index (χ3n) is 1.80. The molecule has 0 unspecified atom stereocenters. The molecule has 0 spiro atoms. The lowest BCUT2D eigenvalue weighted by Gasteiger charge is -1.98. The van der Waals surface area contributed by atoms with Gasteiger partial charge in [-0.15, -0.1) is 0 Å². The fourth-order valence-electron chi connectivity index (χ4n) is 1.16. The van der Waals surface area contributed by atoms with Crippen LogP contribution < -0.4 is 5.73 Å². The van der Waals surface area contributed by atoms with Crippen molar-refractivity contribution in [3.05, 3.63) is 12.3 Å². The summed E-state index contributed by atoms with van der Waals surface area (Å²) < 4.78 is 1.52. The highest BCUT2D eigenvalue weighted by Gasteiger charge is 2.08. The summed E-state index contributed by atoms with van der Waals surface area (Å²) in [5.41, 5.74) is 6.94. The molecule has 7 heteroatoms. The van der Waals surface area contributed by atoms with E-state index in [4.69, 9.17) is 10.8 Å². The minimum absolute atomic E-state index is 0.00410. The van der Waals surface area contributed by atoms with Gasteiger partial charge in [0, 0.05) is 6.07 Å². The van der Waals surface area contributed by atoms with Crippen molar-refractivity contribution in [2.75, 3.05) is 12.3 Å². The molecule has 2 aromatic rings. The molecule has 0 aliphatic carbocycles. The molecule has 74 valence electrons. The minimum Gasteiger partial charge on any atom is -0.394 e. The van der Waals surface area contributed by atoms with Crippen molar-refractivity contribution < 1.29 is 5.11 Å². The quantitative estimate of drug-likeness (QED) is 0.595. The first-order valence-electron chi connectivity index (χ1n) is 4.11. The van der Waals surface area contributed by atoms with E-state index in [1.807, 2.05) is 0 Å². The summed E-state index contributed by atoms with van der Waals surface area (Å²) in [5, 5.41) is 22.9. The number of rotatable bonds is 3. The van der Waals surface area contributed by atoms with Crippen LogP contribution in [0.5, 0.6) is 0 Å². The van der Waals surface area contributed by atoms with E-state index in [1.54, 1.807) is 12.3 Å². The average Bonchev–Trinajstić information content (AvgIpc) is 2.76. The van der Waals surface area contributed by atoms with Gasteiger partial charge in [0.2, 0.25) is 0 Å². The molecular formula is C7H10N6O. The van der Waals surface area contributed by atoms with Crippen LogP contribution in [0.4, 0.5) is 5.82 Å². The van der Waals surface area contributed by atoms with Gasteiger partial charge in [-0.05, 0) is 0 Å². The first-order valence-corrected chi connectivity index (χ1v) is 4.11. The number of hydrogen-bond acceptors (Lipinski definition) is 5. The maximum absolute atomic E-state index is 8.73. The van der Waals surface area contributed by atoms with E-state index in [2.05, 4.69) is 20.5 Å². The number of aliphatic hydroxyl groups is 1. The molecule has 0 aliphatic heterocycles. The maximum Gasteiger partial charge on any atom is 0.133 e. The summed E-state index contributed by atoms with van der Waals surface area (Å²) >= 11 is 0. The van der Waals surface area contributed by atoms with Gasteiger partial charge in [-0.1, -0.05) is 0 Å². The van der Waals surface area contributed by atoms with Crippen LogP contribution in [0.25, 0.3) is 11.4 Å². The largest absolute Gasteiger partial charge is 0.394 e. The zero-order chi connectivity index (χ0) is 9.97. The van der Waals surface area contributed by atoms with Crippen LogP contribution in [0.3, 0.4) is 0 Å². The molecule has 0 aromatic carbocycles. The first-order chi connectivity index (χ1) is 6.81. The summed E-state index contributed by atoms with van der Waals surface area (Å²) in [5.74, 6) is 0.497. The molecule has 0 radical (unpaired) electrons. The Morgan fingerprint density at radius 2 is 2.36 bits per heavy atom. The van der Waals surface area contributed by atoms with Crippen molar-refractivity contribution in [3.8, 4) is 11.4 Å². The zero-order valence-electron chi connectivity index (χ0n) is 7.38. The number of aromatic nitrogens is 5. The second kappa shape index (κ2) is 3.46. The Kier molecular flexibility index (Phi) is 2.15. The van der Waals surface area contributed by atoms with Gasteiger partial charge in [0.15, 0.2) is 0 Å². The van der Waals surface area contributed by atoms with Crippen LogP contribution in [-0.4, -0.2) is 36.9 Å². The summed E-state index contributed by atoms with van der Waals surface area (Å²) in [6, 6.07) is 1.69. The van der Waals surface area contributed by atoms with Gasteiger partial charge >= 0.3 is 0 Å². The molecule has 2 aromatic heterocycles. The molecule has 2 heterocycles. The number of nitrogens with one attached hydrogen (secondary N) is 1.